The molecule has 0 aliphatic carbocycles. The van der Waals surface area contributed by atoms with Crippen molar-refractivity contribution in [3.8, 4) is 0 Å². The van der Waals surface area contributed by atoms with Crippen molar-refractivity contribution < 1.29 is 0 Å². The summed E-state index contributed by atoms with van der Waals surface area (Å²) in [5.41, 5.74) is 0. The summed E-state index contributed by atoms with van der Waals surface area (Å²) < 4.78 is 0. The van der Waals surface area contributed by atoms with Crippen molar-refractivity contribution in [1.82, 2.24) is 4.90 Å². The van der Waals surface area contributed by atoms with Gasteiger partial charge in [-0.15, -0.1) is 22.9 Å². The number of halogens is 1. The summed E-state index contributed by atoms with van der Waals surface area (Å²) in [6.07, 6.45) is 0. The molecule has 0 spiro atoms. The Hall–Kier alpha value is -0.0500. The minimum atomic E-state index is 0.710. The molecule has 0 atom stereocenters. The molecule has 0 N–H and O–H groups in total. The van der Waals surface area contributed by atoms with E-state index in [0.717, 1.165) is 13.1 Å². The highest BCUT2D eigenvalue weighted by molar-refractivity contribution is 7.09. The van der Waals surface area contributed by atoms with Gasteiger partial charge in [-0.1, -0.05) is 6.07 Å². The molecule has 0 amide bonds. The van der Waals surface area contributed by atoms with E-state index >= 15 is 0 Å². The lowest BCUT2D eigenvalue weighted by Gasteiger charge is -2.12. The largest absolute Gasteiger partial charge is 0.300 e. The highest BCUT2D eigenvalue weighted by Gasteiger charge is 1.98. The molecule has 3 heteroatoms. The third-order valence-electron chi connectivity index (χ3n) is 1.47. The van der Waals surface area contributed by atoms with E-state index in [9.17, 15) is 0 Å². The van der Waals surface area contributed by atoms with Gasteiger partial charge in [-0.25, -0.2) is 0 Å². The standard InChI is InChI=1S/C8H12ClNS/c1-10(5-4-9)7-8-3-2-6-11-8/h2-3,6H,4-5,7H2,1H3. The van der Waals surface area contributed by atoms with Crippen LogP contribution in [0.5, 0.6) is 0 Å². The zero-order chi connectivity index (χ0) is 8.10. The Bertz CT molecular complexity index is 186. The van der Waals surface area contributed by atoms with Crippen LogP contribution in [0.25, 0.3) is 0 Å². The molecular formula is C8H12ClNS. The van der Waals surface area contributed by atoms with Gasteiger partial charge in [0.25, 0.3) is 0 Å². The van der Waals surface area contributed by atoms with Gasteiger partial charge >= 0.3 is 0 Å². The lowest BCUT2D eigenvalue weighted by molar-refractivity contribution is 0.351. The molecular weight excluding hydrogens is 178 g/mol. The summed E-state index contributed by atoms with van der Waals surface area (Å²) in [6, 6.07) is 4.23. The molecule has 0 saturated carbocycles. The molecule has 1 heterocycles. The van der Waals surface area contributed by atoms with E-state index in [1.807, 2.05) is 0 Å². The minimum Gasteiger partial charge on any atom is -0.300 e. The van der Waals surface area contributed by atoms with Crippen LogP contribution in [0.1, 0.15) is 4.88 Å². The van der Waals surface area contributed by atoms with Crippen LogP contribution < -0.4 is 0 Å². The highest BCUT2D eigenvalue weighted by atomic mass is 35.5. The van der Waals surface area contributed by atoms with E-state index in [0.29, 0.717) is 5.88 Å². The Labute approximate surface area is 76.6 Å². The molecule has 11 heavy (non-hydrogen) atoms. The Morgan fingerprint density at radius 2 is 2.45 bits per heavy atom. The van der Waals surface area contributed by atoms with Gasteiger partial charge in [0, 0.05) is 23.8 Å². The zero-order valence-corrected chi connectivity index (χ0v) is 8.16. The molecule has 1 rings (SSSR count). The Morgan fingerprint density at radius 1 is 1.64 bits per heavy atom. The van der Waals surface area contributed by atoms with Crippen molar-refractivity contribution in [3.63, 3.8) is 0 Å². The second-order valence-electron chi connectivity index (χ2n) is 2.51. The van der Waals surface area contributed by atoms with Crippen LogP contribution in [0.2, 0.25) is 0 Å². The van der Waals surface area contributed by atoms with Crippen LogP contribution in [-0.4, -0.2) is 24.4 Å². The summed E-state index contributed by atoms with van der Waals surface area (Å²) in [5, 5.41) is 2.10. The molecule has 1 aromatic heterocycles. The monoisotopic (exact) mass is 189 g/mol. The fraction of sp³-hybridized carbons (Fsp3) is 0.500. The maximum Gasteiger partial charge on any atom is 0.0351 e. The lowest BCUT2D eigenvalue weighted by atomic mass is 10.4. The van der Waals surface area contributed by atoms with Crippen molar-refractivity contribution in [2.75, 3.05) is 19.5 Å². The predicted molar refractivity (Wildman–Crippen MR) is 51.4 cm³/mol. The van der Waals surface area contributed by atoms with Gasteiger partial charge in [0.05, 0.1) is 0 Å². The van der Waals surface area contributed by atoms with Crippen molar-refractivity contribution in [1.29, 1.82) is 0 Å². The average molecular weight is 190 g/mol. The molecule has 0 radical (unpaired) electrons. The lowest BCUT2D eigenvalue weighted by Crippen LogP contribution is -2.19. The molecule has 0 bridgehead atoms. The summed E-state index contributed by atoms with van der Waals surface area (Å²) in [6.45, 7) is 1.98. The van der Waals surface area contributed by atoms with Gasteiger partial charge < -0.3 is 4.90 Å². The fourth-order valence-corrected chi connectivity index (χ4v) is 1.96. The first kappa shape index (κ1) is 9.04. The van der Waals surface area contributed by atoms with Gasteiger partial charge in [0.15, 0.2) is 0 Å². The first-order valence-corrected chi connectivity index (χ1v) is 5.01. The van der Waals surface area contributed by atoms with Crippen LogP contribution in [0, 0.1) is 0 Å². The van der Waals surface area contributed by atoms with Crippen LogP contribution in [0.15, 0.2) is 17.5 Å². The van der Waals surface area contributed by atoms with Gasteiger partial charge in [0.2, 0.25) is 0 Å². The Morgan fingerprint density at radius 3 is 3.00 bits per heavy atom. The quantitative estimate of drug-likeness (QED) is 0.658. The topological polar surface area (TPSA) is 3.24 Å². The molecule has 62 valence electrons. The smallest absolute Gasteiger partial charge is 0.0351 e. The van der Waals surface area contributed by atoms with E-state index in [1.165, 1.54) is 4.88 Å². The molecule has 0 fully saturated rings. The highest BCUT2D eigenvalue weighted by Crippen LogP contribution is 2.10. The van der Waals surface area contributed by atoms with Gasteiger partial charge in [-0.2, -0.15) is 0 Å². The molecule has 0 saturated heterocycles. The molecule has 1 aromatic rings. The number of hydrogen-bond acceptors (Lipinski definition) is 2. The van der Waals surface area contributed by atoms with E-state index in [1.54, 1.807) is 11.3 Å². The summed E-state index contributed by atoms with van der Waals surface area (Å²) in [7, 11) is 2.09. The predicted octanol–water partition coefficient (Wildman–Crippen LogP) is 2.42. The van der Waals surface area contributed by atoms with Crippen LogP contribution in [0.3, 0.4) is 0 Å². The molecule has 0 aliphatic heterocycles. The van der Waals surface area contributed by atoms with Crippen LogP contribution in [0.4, 0.5) is 0 Å². The Kier molecular flexibility index (Phi) is 3.91. The van der Waals surface area contributed by atoms with Crippen molar-refractivity contribution in [2.45, 2.75) is 6.54 Å². The molecule has 0 aliphatic rings. The van der Waals surface area contributed by atoms with Gasteiger partial charge in [0.1, 0.15) is 0 Å². The summed E-state index contributed by atoms with van der Waals surface area (Å²) in [5.74, 6) is 0.710. The third kappa shape index (κ3) is 3.23. The molecule has 0 aromatic carbocycles. The van der Waals surface area contributed by atoms with Gasteiger partial charge in [-0.3, -0.25) is 0 Å². The Balaban J connectivity index is 2.31. The summed E-state index contributed by atoms with van der Waals surface area (Å²) in [4.78, 5) is 3.62. The number of rotatable bonds is 4. The fourth-order valence-electron chi connectivity index (χ4n) is 0.892. The van der Waals surface area contributed by atoms with Crippen LogP contribution >= 0.6 is 22.9 Å². The third-order valence-corrected chi connectivity index (χ3v) is 2.50. The van der Waals surface area contributed by atoms with Crippen molar-refractivity contribution in [3.05, 3.63) is 22.4 Å². The molecule has 1 nitrogen and oxygen atoms in total. The van der Waals surface area contributed by atoms with Crippen LogP contribution in [-0.2, 0) is 6.54 Å². The van der Waals surface area contributed by atoms with E-state index in [4.69, 9.17) is 11.6 Å². The SMILES string of the molecule is CN(CCCl)Cc1cccs1. The van der Waals surface area contributed by atoms with E-state index in [2.05, 4.69) is 29.5 Å². The zero-order valence-electron chi connectivity index (χ0n) is 6.59. The molecule has 0 unspecified atom stereocenters. The first-order chi connectivity index (χ1) is 5.33. The average Bonchev–Trinajstić information content (AvgIpc) is 2.40. The number of thiophene rings is 1. The maximum atomic E-state index is 5.60. The minimum absolute atomic E-state index is 0.710. The maximum absolute atomic E-state index is 5.60. The second-order valence-corrected chi connectivity index (χ2v) is 3.92. The number of hydrogen-bond donors (Lipinski definition) is 0. The number of nitrogens with zero attached hydrogens (tertiary/aromatic N) is 1. The number of alkyl halides is 1. The van der Waals surface area contributed by atoms with Crippen molar-refractivity contribution in [2.24, 2.45) is 0 Å². The summed E-state index contributed by atoms with van der Waals surface area (Å²) >= 11 is 7.39. The van der Waals surface area contributed by atoms with E-state index in [-0.39, 0.29) is 0 Å². The first-order valence-electron chi connectivity index (χ1n) is 3.60. The van der Waals surface area contributed by atoms with Gasteiger partial charge in [-0.05, 0) is 18.5 Å². The van der Waals surface area contributed by atoms with Crippen molar-refractivity contribution >= 4 is 22.9 Å². The van der Waals surface area contributed by atoms with E-state index < -0.39 is 0 Å². The normalized spacial score (nSPS) is 10.8. The second kappa shape index (κ2) is 4.75.